The minimum atomic E-state index is 0.546. The summed E-state index contributed by atoms with van der Waals surface area (Å²) in [7, 11) is 0. The molecule has 2 rings (SSSR count). The van der Waals surface area contributed by atoms with Gasteiger partial charge >= 0.3 is 0 Å². The van der Waals surface area contributed by atoms with E-state index in [0.29, 0.717) is 6.54 Å². The Labute approximate surface area is 118 Å². The smallest absolute Gasteiger partial charge is 0.0813 e. The quantitative estimate of drug-likeness (QED) is 0.602. The van der Waals surface area contributed by atoms with Crippen LogP contribution in [0.4, 0.5) is 0 Å². The van der Waals surface area contributed by atoms with E-state index in [1.807, 2.05) is 0 Å². The van der Waals surface area contributed by atoms with E-state index in [1.165, 1.54) is 77.0 Å². The Balaban J connectivity index is 1.97. The van der Waals surface area contributed by atoms with Crippen LogP contribution in [0.5, 0.6) is 0 Å². The number of rotatable bonds is 3. The highest BCUT2D eigenvalue weighted by atomic mass is 16.3. The summed E-state index contributed by atoms with van der Waals surface area (Å²) in [5, 5.41) is 3.12. The number of nitrogens with zero attached hydrogens (tertiary/aromatic N) is 1. The van der Waals surface area contributed by atoms with E-state index in [9.17, 15) is 4.91 Å². The van der Waals surface area contributed by atoms with Gasteiger partial charge in [0.25, 0.3) is 0 Å². The molecule has 2 bridgehead atoms. The van der Waals surface area contributed by atoms with Gasteiger partial charge in [0.05, 0.1) is 6.54 Å². The van der Waals surface area contributed by atoms with Crippen molar-refractivity contribution >= 4 is 0 Å². The third kappa shape index (κ3) is 5.24. The van der Waals surface area contributed by atoms with Crippen LogP contribution in [0.15, 0.2) is 5.18 Å². The highest BCUT2D eigenvalue weighted by Gasteiger charge is 2.24. The van der Waals surface area contributed by atoms with Gasteiger partial charge < -0.3 is 0 Å². The third-order valence-corrected chi connectivity index (χ3v) is 5.58. The van der Waals surface area contributed by atoms with Crippen molar-refractivity contribution in [2.45, 2.75) is 83.5 Å². The van der Waals surface area contributed by atoms with Crippen LogP contribution in [-0.2, 0) is 0 Å². The summed E-state index contributed by atoms with van der Waals surface area (Å²) in [5.41, 5.74) is 0. The Hall–Kier alpha value is -0.400. The fourth-order valence-electron chi connectivity index (χ4n) is 4.37. The maximum Gasteiger partial charge on any atom is 0.0813 e. The van der Waals surface area contributed by atoms with Gasteiger partial charge in [-0.15, -0.1) is 0 Å². The van der Waals surface area contributed by atoms with Crippen molar-refractivity contribution in [3.8, 4) is 0 Å². The van der Waals surface area contributed by atoms with Gasteiger partial charge in [0.2, 0.25) is 0 Å². The standard InChI is InChI=1S/C17H31NO/c19-18-14-13-17-9-4-2-1-3-7-15-8-5-6-10-16(17)12-11-15/h15-17H,1-14H2. The van der Waals surface area contributed by atoms with E-state index in [-0.39, 0.29) is 0 Å². The molecular weight excluding hydrogens is 234 g/mol. The fourth-order valence-corrected chi connectivity index (χ4v) is 4.37. The maximum absolute atomic E-state index is 10.5. The molecular formula is C17H31NO. The van der Waals surface area contributed by atoms with Crippen LogP contribution in [0.2, 0.25) is 0 Å². The van der Waals surface area contributed by atoms with Gasteiger partial charge in [0.1, 0.15) is 0 Å². The molecule has 3 unspecified atom stereocenters. The highest BCUT2D eigenvalue weighted by Crippen LogP contribution is 2.37. The van der Waals surface area contributed by atoms with Crippen molar-refractivity contribution in [1.29, 1.82) is 0 Å². The number of nitroso groups, excluding NO2 is 1. The van der Waals surface area contributed by atoms with Crippen LogP contribution in [0.3, 0.4) is 0 Å². The van der Waals surface area contributed by atoms with Crippen molar-refractivity contribution < 1.29 is 0 Å². The minimum Gasteiger partial charge on any atom is -0.151 e. The third-order valence-electron chi connectivity index (χ3n) is 5.58. The second kappa shape index (κ2) is 8.71. The zero-order chi connectivity index (χ0) is 13.3. The monoisotopic (exact) mass is 265 g/mol. The van der Waals surface area contributed by atoms with E-state index >= 15 is 0 Å². The minimum absolute atomic E-state index is 0.546. The zero-order valence-corrected chi connectivity index (χ0v) is 12.5. The molecule has 2 heteroatoms. The largest absolute Gasteiger partial charge is 0.151 e. The van der Waals surface area contributed by atoms with Gasteiger partial charge in [-0.25, -0.2) is 0 Å². The molecule has 0 radical (unpaired) electrons. The van der Waals surface area contributed by atoms with Gasteiger partial charge in [-0.1, -0.05) is 75.8 Å². The number of hydrogen-bond acceptors (Lipinski definition) is 2. The Morgan fingerprint density at radius 1 is 0.737 bits per heavy atom. The molecule has 0 saturated heterocycles. The molecule has 2 saturated carbocycles. The molecule has 0 aromatic rings. The number of hydrogen-bond donors (Lipinski definition) is 0. The summed E-state index contributed by atoms with van der Waals surface area (Å²) >= 11 is 0. The molecule has 0 aromatic carbocycles. The summed E-state index contributed by atoms with van der Waals surface area (Å²) in [4.78, 5) is 10.5. The summed E-state index contributed by atoms with van der Waals surface area (Å²) in [6.45, 7) is 0.546. The summed E-state index contributed by atoms with van der Waals surface area (Å²) < 4.78 is 0. The average Bonchev–Trinajstić information content (AvgIpc) is 2.42. The predicted molar refractivity (Wildman–Crippen MR) is 81.2 cm³/mol. The molecule has 0 N–H and O–H groups in total. The van der Waals surface area contributed by atoms with Crippen molar-refractivity contribution in [3.63, 3.8) is 0 Å². The van der Waals surface area contributed by atoms with Crippen LogP contribution in [0.1, 0.15) is 83.5 Å². The first-order valence-electron chi connectivity index (χ1n) is 8.69. The van der Waals surface area contributed by atoms with E-state index in [1.54, 1.807) is 0 Å². The van der Waals surface area contributed by atoms with Crippen LogP contribution in [0.25, 0.3) is 0 Å². The highest BCUT2D eigenvalue weighted by molar-refractivity contribution is 4.77. The van der Waals surface area contributed by atoms with Crippen LogP contribution >= 0.6 is 0 Å². The van der Waals surface area contributed by atoms with Crippen molar-refractivity contribution in [3.05, 3.63) is 4.91 Å². The Bertz CT molecular complexity index is 254. The predicted octanol–water partition coefficient (Wildman–Crippen LogP) is 5.70. The Morgan fingerprint density at radius 3 is 2.21 bits per heavy atom. The molecule has 3 atom stereocenters. The lowest BCUT2D eigenvalue weighted by atomic mass is 9.76. The Morgan fingerprint density at radius 2 is 1.42 bits per heavy atom. The van der Waals surface area contributed by atoms with E-state index in [2.05, 4.69) is 5.18 Å². The van der Waals surface area contributed by atoms with Gasteiger partial charge in [-0.2, -0.15) is 4.91 Å². The van der Waals surface area contributed by atoms with Gasteiger partial charge in [-0.3, -0.25) is 0 Å². The Kier molecular flexibility index (Phi) is 6.87. The molecule has 2 nitrogen and oxygen atoms in total. The maximum atomic E-state index is 10.5. The fraction of sp³-hybridized carbons (Fsp3) is 1.00. The van der Waals surface area contributed by atoms with Crippen molar-refractivity contribution in [2.75, 3.05) is 6.54 Å². The summed E-state index contributed by atoms with van der Waals surface area (Å²) in [6, 6.07) is 0. The average molecular weight is 265 g/mol. The molecule has 0 aliphatic heterocycles. The lowest BCUT2D eigenvalue weighted by molar-refractivity contribution is 0.216. The van der Waals surface area contributed by atoms with E-state index < -0.39 is 0 Å². The molecule has 0 amide bonds. The van der Waals surface area contributed by atoms with Crippen molar-refractivity contribution in [2.24, 2.45) is 22.9 Å². The molecule has 0 heterocycles. The van der Waals surface area contributed by atoms with Crippen LogP contribution in [0, 0.1) is 22.7 Å². The topological polar surface area (TPSA) is 29.4 Å². The van der Waals surface area contributed by atoms with E-state index in [0.717, 1.165) is 24.2 Å². The molecule has 19 heavy (non-hydrogen) atoms. The molecule has 2 fully saturated rings. The first kappa shape index (κ1) is 15.0. The summed E-state index contributed by atoms with van der Waals surface area (Å²) in [6.07, 6.45) is 18.2. The normalized spacial score (nSPS) is 34.0. The first-order valence-corrected chi connectivity index (χ1v) is 8.69. The molecule has 0 spiro atoms. The molecule has 2 aliphatic carbocycles. The second-order valence-corrected chi connectivity index (χ2v) is 6.88. The zero-order valence-electron chi connectivity index (χ0n) is 12.5. The molecule has 0 aromatic heterocycles. The van der Waals surface area contributed by atoms with Gasteiger partial charge in [0, 0.05) is 0 Å². The summed E-state index contributed by atoms with van der Waals surface area (Å²) in [5.74, 6) is 2.68. The van der Waals surface area contributed by atoms with Crippen LogP contribution in [-0.4, -0.2) is 6.54 Å². The lowest BCUT2D eigenvalue weighted by Crippen LogP contribution is -2.19. The lowest BCUT2D eigenvalue weighted by Gasteiger charge is -2.30. The second-order valence-electron chi connectivity index (χ2n) is 6.88. The van der Waals surface area contributed by atoms with E-state index in [4.69, 9.17) is 0 Å². The molecule has 110 valence electrons. The SMILES string of the molecule is O=NCCC1CCCCCCC2CCCCC1CC2. The van der Waals surface area contributed by atoms with Gasteiger partial charge in [-0.05, 0) is 30.6 Å². The van der Waals surface area contributed by atoms with Gasteiger partial charge in [0.15, 0.2) is 0 Å². The molecule has 2 aliphatic rings. The van der Waals surface area contributed by atoms with Crippen molar-refractivity contribution in [1.82, 2.24) is 0 Å². The number of fused-ring (bicyclic) bond motifs is 3. The van der Waals surface area contributed by atoms with Crippen LogP contribution < -0.4 is 0 Å². The first-order chi connectivity index (χ1) is 9.40.